The highest BCUT2D eigenvalue weighted by molar-refractivity contribution is 7.90. The lowest BCUT2D eigenvalue weighted by Gasteiger charge is -2.24. The van der Waals surface area contributed by atoms with Crippen molar-refractivity contribution in [3.63, 3.8) is 0 Å². The van der Waals surface area contributed by atoms with E-state index in [-0.39, 0.29) is 10.9 Å². The maximum Gasteiger partial charge on any atom is 0.490 e. The molecule has 3 N–H and O–H groups in total. The van der Waals surface area contributed by atoms with E-state index in [4.69, 9.17) is 19.7 Å². The number of rotatable bonds is 6. The lowest BCUT2D eigenvalue weighted by atomic mass is 10.1. The molecule has 1 aliphatic rings. The molecule has 0 radical (unpaired) electrons. The zero-order valence-corrected chi connectivity index (χ0v) is 21.6. The normalized spacial score (nSPS) is 14.4. The van der Waals surface area contributed by atoms with Crippen LogP contribution in [-0.2, 0) is 19.4 Å². The molecule has 1 saturated heterocycles. The second-order valence-corrected chi connectivity index (χ2v) is 10.5. The Hall–Kier alpha value is -3.72. The van der Waals surface area contributed by atoms with Gasteiger partial charge in [-0.05, 0) is 51.0 Å². The number of halogens is 3. The van der Waals surface area contributed by atoms with E-state index in [1.165, 1.54) is 6.26 Å². The molecule has 0 saturated carbocycles. The Labute approximate surface area is 217 Å². The standard InChI is InChI=1S/C21H26N6O3S.C2HF3O2/c1-14-15(2)26-27(17-8-11-30-12-9-17)20(14)24-19-7-10-22-21(25-19)23-16-5-4-6-18(13-16)31(3,28)29;3-2(4,5)1(6)7/h4-7,10,13,17H,8-9,11-12H2,1-3H3,(H2,22,23,24,25);(H,6,7). The Morgan fingerprint density at radius 1 is 1.16 bits per heavy atom. The van der Waals surface area contributed by atoms with E-state index >= 15 is 0 Å². The van der Waals surface area contributed by atoms with Crippen LogP contribution in [-0.4, -0.2) is 64.9 Å². The minimum atomic E-state index is -5.08. The highest BCUT2D eigenvalue weighted by atomic mass is 32.2. The number of aliphatic carboxylic acids is 1. The van der Waals surface area contributed by atoms with E-state index in [0.29, 0.717) is 17.5 Å². The molecule has 0 spiro atoms. The van der Waals surface area contributed by atoms with Crippen molar-refractivity contribution in [1.82, 2.24) is 19.7 Å². The SMILES string of the molecule is Cc1nn(C2CCOCC2)c(Nc2ccnc(Nc3cccc(S(C)(=O)=O)c3)n2)c1C.O=C(O)C(F)(F)F. The molecule has 15 heteroatoms. The topological polar surface area (TPSA) is 148 Å². The molecule has 3 aromatic rings. The molecule has 206 valence electrons. The number of nitrogens with one attached hydrogen (secondary N) is 2. The summed E-state index contributed by atoms with van der Waals surface area (Å²) in [6.45, 7) is 5.50. The molecular weight excluding hydrogens is 529 g/mol. The molecule has 0 atom stereocenters. The van der Waals surface area contributed by atoms with Crippen molar-refractivity contribution in [3.8, 4) is 0 Å². The minimum absolute atomic E-state index is 0.234. The van der Waals surface area contributed by atoms with E-state index in [2.05, 4.69) is 20.6 Å². The highest BCUT2D eigenvalue weighted by Crippen LogP contribution is 2.30. The number of anilines is 4. The Balaban J connectivity index is 0.000000505. The Kier molecular flexibility index (Phi) is 8.93. The van der Waals surface area contributed by atoms with Gasteiger partial charge < -0.3 is 20.5 Å². The first-order valence-electron chi connectivity index (χ1n) is 11.4. The summed E-state index contributed by atoms with van der Waals surface area (Å²) in [5.41, 5.74) is 2.64. The molecule has 3 heterocycles. The van der Waals surface area contributed by atoms with Crippen LogP contribution < -0.4 is 10.6 Å². The van der Waals surface area contributed by atoms with Crippen molar-refractivity contribution in [2.75, 3.05) is 30.1 Å². The molecule has 38 heavy (non-hydrogen) atoms. The van der Waals surface area contributed by atoms with Crippen molar-refractivity contribution in [2.24, 2.45) is 0 Å². The molecule has 2 aromatic heterocycles. The number of nitrogens with zero attached hydrogens (tertiary/aromatic N) is 4. The van der Waals surface area contributed by atoms with Crippen molar-refractivity contribution < 1.29 is 36.2 Å². The number of benzene rings is 1. The van der Waals surface area contributed by atoms with Gasteiger partial charge in [0.1, 0.15) is 11.6 Å². The molecule has 1 aromatic carbocycles. The summed E-state index contributed by atoms with van der Waals surface area (Å²) in [7, 11) is -3.30. The van der Waals surface area contributed by atoms with Gasteiger partial charge in [0.2, 0.25) is 5.95 Å². The van der Waals surface area contributed by atoms with Gasteiger partial charge in [0.25, 0.3) is 0 Å². The summed E-state index contributed by atoms with van der Waals surface area (Å²) in [6, 6.07) is 8.63. The quantitative estimate of drug-likeness (QED) is 0.404. The van der Waals surface area contributed by atoms with Gasteiger partial charge in [0.05, 0.1) is 16.6 Å². The van der Waals surface area contributed by atoms with Gasteiger partial charge in [-0.3, -0.25) is 0 Å². The molecule has 0 amide bonds. The van der Waals surface area contributed by atoms with Gasteiger partial charge in [0, 0.05) is 36.9 Å². The predicted molar refractivity (Wildman–Crippen MR) is 133 cm³/mol. The number of aryl methyl sites for hydroxylation is 1. The largest absolute Gasteiger partial charge is 0.490 e. The van der Waals surface area contributed by atoms with E-state index in [9.17, 15) is 21.6 Å². The fourth-order valence-electron chi connectivity index (χ4n) is 3.52. The van der Waals surface area contributed by atoms with E-state index in [1.807, 2.05) is 18.5 Å². The van der Waals surface area contributed by atoms with Gasteiger partial charge in [-0.25, -0.2) is 22.9 Å². The van der Waals surface area contributed by atoms with Crippen molar-refractivity contribution in [2.45, 2.75) is 43.8 Å². The summed E-state index contributed by atoms with van der Waals surface area (Å²) in [5, 5.41) is 18.3. The average molecular weight is 557 g/mol. The molecule has 0 unspecified atom stereocenters. The molecular formula is C23H27F3N6O5S. The van der Waals surface area contributed by atoms with Crippen LogP contribution in [0, 0.1) is 13.8 Å². The van der Waals surface area contributed by atoms with Crippen molar-refractivity contribution in [1.29, 1.82) is 0 Å². The third kappa shape index (κ3) is 7.64. The zero-order valence-electron chi connectivity index (χ0n) is 20.8. The van der Waals surface area contributed by atoms with Crippen molar-refractivity contribution >= 4 is 39.1 Å². The number of hydrogen-bond acceptors (Lipinski definition) is 9. The lowest BCUT2D eigenvalue weighted by molar-refractivity contribution is -0.192. The number of alkyl halides is 3. The van der Waals surface area contributed by atoms with E-state index < -0.39 is 22.0 Å². The first-order chi connectivity index (χ1) is 17.8. The first-order valence-corrected chi connectivity index (χ1v) is 13.3. The Bertz CT molecular complexity index is 1390. The third-order valence-electron chi connectivity index (χ3n) is 5.58. The number of carboxylic acid groups (broad SMARTS) is 1. The molecule has 1 aliphatic heterocycles. The molecule has 0 bridgehead atoms. The molecule has 1 fully saturated rings. The molecule has 0 aliphatic carbocycles. The summed E-state index contributed by atoms with van der Waals surface area (Å²) in [5.74, 6) is -0.865. The summed E-state index contributed by atoms with van der Waals surface area (Å²) >= 11 is 0. The fourth-order valence-corrected chi connectivity index (χ4v) is 4.18. The number of hydrogen-bond donors (Lipinski definition) is 3. The van der Waals surface area contributed by atoms with Crippen LogP contribution in [0.2, 0.25) is 0 Å². The van der Waals surface area contributed by atoms with Gasteiger partial charge >= 0.3 is 12.1 Å². The van der Waals surface area contributed by atoms with Crippen LogP contribution in [0.5, 0.6) is 0 Å². The average Bonchev–Trinajstić information content (AvgIpc) is 3.13. The van der Waals surface area contributed by atoms with Gasteiger partial charge in [-0.2, -0.15) is 23.3 Å². The second kappa shape index (κ2) is 11.8. The molecule has 11 nitrogen and oxygen atoms in total. The maximum absolute atomic E-state index is 11.8. The summed E-state index contributed by atoms with van der Waals surface area (Å²) in [6.07, 6.45) is -0.417. The van der Waals surface area contributed by atoms with Crippen LogP contribution in [0.4, 0.5) is 36.4 Å². The van der Waals surface area contributed by atoms with Crippen LogP contribution >= 0.6 is 0 Å². The number of aromatic nitrogens is 4. The minimum Gasteiger partial charge on any atom is -0.475 e. The van der Waals surface area contributed by atoms with E-state index in [0.717, 1.165) is 43.1 Å². The predicted octanol–water partition coefficient (Wildman–Crippen LogP) is 4.17. The van der Waals surface area contributed by atoms with Gasteiger partial charge in [-0.15, -0.1) is 0 Å². The van der Waals surface area contributed by atoms with Gasteiger partial charge in [0.15, 0.2) is 9.84 Å². The Morgan fingerprint density at radius 2 is 1.82 bits per heavy atom. The van der Waals surface area contributed by atoms with Crippen LogP contribution in [0.15, 0.2) is 41.4 Å². The Morgan fingerprint density at radius 3 is 2.42 bits per heavy atom. The number of carbonyl (C=O) groups is 1. The summed E-state index contributed by atoms with van der Waals surface area (Å²) < 4.78 is 62.9. The lowest BCUT2D eigenvalue weighted by Crippen LogP contribution is -2.21. The second-order valence-electron chi connectivity index (χ2n) is 8.47. The van der Waals surface area contributed by atoms with Crippen LogP contribution in [0.25, 0.3) is 0 Å². The van der Waals surface area contributed by atoms with Gasteiger partial charge in [-0.1, -0.05) is 6.07 Å². The number of ether oxygens (including phenoxy) is 1. The third-order valence-corrected chi connectivity index (χ3v) is 6.69. The summed E-state index contributed by atoms with van der Waals surface area (Å²) in [4.78, 5) is 17.9. The maximum atomic E-state index is 11.8. The smallest absolute Gasteiger partial charge is 0.475 e. The van der Waals surface area contributed by atoms with Crippen molar-refractivity contribution in [3.05, 3.63) is 47.8 Å². The highest BCUT2D eigenvalue weighted by Gasteiger charge is 2.38. The van der Waals surface area contributed by atoms with Crippen LogP contribution in [0.3, 0.4) is 0 Å². The number of sulfone groups is 1. The monoisotopic (exact) mass is 556 g/mol. The van der Waals surface area contributed by atoms with E-state index in [1.54, 1.807) is 36.5 Å². The fraction of sp³-hybridized carbons (Fsp3) is 0.391. The first kappa shape index (κ1) is 28.8. The number of carboxylic acids is 1. The molecule has 4 rings (SSSR count). The zero-order chi connectivity index (χ0) is 28.1. The van der Waals surface area contributed by atoms with Crippen LogP contribution in [0.1, 0.15) is 30.1 Å².